The average molecular weight is 406 g/mol. The Morgan fingerprint density at radius 2 is 1.81 bits per heavy atom. The molecule has 0 aliphatic heterocycles. The molecule has 1 unspecified atom stereocenters. The molecule has 1 atom stereocenters. The molecule has 0 aliphatic carbocycles. The first-order valence-corrected chi connectivity index (χ1v) is 10.9. The largest absolute Gasteiger partial charge is 0.285 e. The summed E-state index contributed by atoms with van der Waals surface area (Å²) in [7, 11) is -5.04. The summed E-state index contributed by atoms with van der Waals surface area (Å²) in [6.45, 7) is 7.46. The van der Waals surface area contributed by atoms with Crippen molar-refractivity contribution in [2.45, 2.75) is 37.3 Å². The monoisotopic (exact) mass is 405 g/mol. The summed E-state index contributed by atoms with van der Waals surface area (Å²) in [5, 5.41) is 0. The number of benzene rings is 1. The quantitative estimate of drug-likeness (QED) is 0.652. The Kier molecular flexibility index (Phi) is 5.00. The fraction of sp³-hybridized carbons (Fsp3) is 0.278. The fourth-order valence-electron chi connectivity index (χ4n) is 2.28. The van der Waals surface area contributed by atoms with Crippen molar-refractivity contribution < 1.29 is 17.0 Å². The van der Waals surface area contributed by atoms with Gasteiger partial charge in [0.2, 0.25) is 6.21 Å². The number of hydrogen-bond donors (Lipinski definition) is 1. The van der Waals surface area contributed by atoms with Gasteiger partial charge in [-0.1, -0.05) is 17.7 Å². The van der Waals surface area contributed by atoms with Crippen LogP contribution in [-0.2, 0) is 21.0 Å². The second-order valence-electron chi connectivity index (χ2n) is 7.08. The van der Waals surface area contributed by atoms with Gasteiger partial charge in [0.25, 0.3) is 21.0 Å². The van der Waals surface area contributed by atoms with Crippen molar-refractivity contribution in [1.29, 1.82) is 0 Å². The van der Waals surface area contributed by atoms with Crippen LogP contribution in [0.5, 0.6) is 0 Å². The Hall–Kier alpha value is -2.39. The zero-order chi connectivity index (χ0) is 19.8. The van der Waals surface area contributed by atoms with Gasteiger partial charge >= 0.3 is 0 Å². The third kappa shape index (κ3) is 3.98. The van der Waals surface area contributed by atoms with Gasteiger partial charge in [-0.15, -0.1) is 0 Å². The highest BCUT2D eigenvalue weighted by atomic mass is 32.2. The molecule has 0 bridgehead atoms. The Bertz CT molecular complexity index is 1140. The minimum Gasteiger partial charge on any atom is -0.237 e. The van der Waals surface area contributed by atoms with Gasteiger partial charge in [0.1, 0.15) is 11.2 Å². The van der Waals surface area contributed by atoms with Gasteiger partial charge in [0, 0.05) is 6.20 Å². The van der Waals surface area contributed by atoms with Crippen molar-refractivity contribution in [2.24, 2.45) is 0 Å². The van der Waals surface area contributed by atoms with Crippen LogP contribution in [0, 0.1) is 6.92 Å². The number of aromatic nitrogens is 3. The lowest BCUT2D eigenvalue weighted by molar-refractivity contribution is -0.252. The number of aryl methyl sites for hydroxylation is 1. The van der Waals surface area contributed by atoms with E-state index in [9.17, 15) is 12.6 Å². The van der Waals surface area contributed by atoms with Crippen molar-refractivity contribution >= 4 is 38.4 Å². The number of rotatable bonds is 4. The average Bonchev–Trinajstić information content (AvgIpc) is 3.03. The molecule has 0 saturated heterocycles. The molecule has 0 saturated carbocycles. The zero-order valence-electron chi connectivity index (χ0n) is 15.5. The third-order valence-corrected chi connectivity index (χ3v) is 6.95. The van der Waals surface area contributed by atoms with Gasteiger partial charge in [-0.2, -0.15) is 8.61 Å². The summed E-state index contributed by atoms with van der Waals surface area (Å²) < 4.78 is 41.3. The molecule has 7 nitrogen and oxygen atoms in total. The van der Waals surface area contributed by atoms with Crippen molar-refractivity contribution in [3.63, 3.8) is 0 Å². The topological polar surface area (TPSA) is 95.9 Å². The Balaban J connectivity index is 1.98. The minimum atomic E-state index is -3.76. The summed E-state index contributed by atoms with van der Waals surface area (Å²) in [5.74, 6) is 0. The lowest BCUT2D eigenvalue weighted by atomic mass is 10.2. The molecule has 2 heterocycles. The lowest BCUT2D eigenvalue weighted by Crippen LogP contribution is -2.74. The van der Waals surface area contributed by atoms with Crippen LogP contribution >= 0.6 is 0 Å². The Morgan fingerprint density at radius 3 is 2.44 bits per heavy atom. The number of fused-ring (bicyclic) bond motifs is 1. The van der Waals surface area contributed by atoms with Crippen molar-refractivity contribution in [3.05, 3.63) is 54.0 Å². The van der Waals surface area contributed by atoms with Crippen LogP contribution in [0.2, 0.25) is 0 Å². The van der Waals surface area contributed by atoms with Crippen molar-refractivity contribution in [2.75, 3.05) is 0 Å². The molecule has 1 N–H and O–H groups in total. The van der Waals surface area contributed by atoms with E-state index >= 15 is 0 Å². The van der Waals surface area contributed by atoms with Gasteiger partial charge in [-0.3, -0.25) is 0 Å². The lowest BCUT2D eigenvalue weighted by Gasteiger charge is -2.07. The van der Waals surface area contributed by atoms with E-state index in [-0.39, 0.29) is 10.5 Å². The Morgan fingerprint density at radius 1 is 1.15 bits per heavy atom. The molecule has 0 spiro atoms. The van der Waals surface area contributed by atoms with Crippen LogP contribution in [-0.4, -0.2) is 37.5 Å². The standard InChI is InChI=1S/C18H20N4O3S2/c1-13-5-7-15(8-6-13)27(24,25)22-10-9-16-17(22)19-11-14(21-16)12-20-26(23)18(2,3)4/h5-12H,1-4H3/p+1. The third-order valence-electron chi connectivity index (χ3n) is 3.82. The summed E-state index contributed by atoms with van der Waals surface area (Å²) in [6, 6.07) is 8.22. The normalized spacial score (nSPS) is 14.1. The Labute approximate surface area is 160 Å². The van der Waals surface area contributed by atoms with Crippen LogP contribution in [0.25, 0.3) is 11.2 Å². The van der Waals surface area contributed by atoms with E-state index < -0.39 is 25.8 Å². The molecule has 9 heteroatoms. The van der Waals surface area contributed by atoms with Crippen LogP contribution in [0.4, 0.5) is 0 Å². The van der Waals surface area contributed by atoms with E-state index in [0.29, 0.717) is 11.2 Å². The van der Waals surface area contributed by atoms with Crippen LogP contribution in [0.1, 0.15) is 32.0 Å². The molecule has 3 aromatic rings. The predicted octanol–water partition coefficient (Wildman–Crippen LogP) is 0.938. The van der Waals surface area contributed by atoms with Crippen LogP contribution < -0.4 is 4.40 Å². The van der Waals surface area contributed by atoms with Gasteiger partial charge in [0.15, 0.2) is 5.65 Å². The van der Waals surface area contributed by atoms with E-state index in [1.165, 1.54) is 18.6 Å². The van der Waals surface area contributed by atoms with E-state index in [1.807, 2.05) is 27.7 Å². The second kappa shape index (κ2) is 6.97. The molecule has 1 aromatic carbocycles. The maximum absolute atomic E-state index is 12.9. The van der Waals surface area contributed by atoms with E-state index in [0.717, 1.165) is 9.54 Å². The molecular formula is C18H21N4O3S2+. The summed E-state index contributed by atoms with van der Waals surface area (Å²) in [6.07, 6.45) is 4.39. The smallest absolute Gasteiger partial charge is 0.237 e. The molecule has 0 radical (unpaired) electrons. The molecule has 0 amide bonds. The number of nitrogens with one attached hydrogen (secondary N) is 1. The van der Waals surface area contributed by atoms with E-state index in [4.69, 9.17) is 0 Å². The molecule has 3 rings (SSSR count). The molecule has 27 heavy (non-hydrogen) atoms. The molecule has 0 aliphatic rings. The molecular weight excluding hydrogens is 384 g/mol. The van der Waals surface area contributed by atoms with Gasteiger partial charge < -0.3 is 0 Å². The molecule has 142 valence electrons. The van der Waals surface area contributed by atoms with Crippen LogP contribution in [0.3, 0.4) is 0 Å². The maximum atomic E-state index is 12.9. The van der Waals surface area contributed by atoms with E-state index in [1.54, 1.807) is 30.3 Å². The predicted molar refractivity (Wildman–Crippen MR) is 105 cm³/mol. The zero-order valence-corrected chi connectivity index (χ0v) is 17.1. The number of hydrogen-bond acceptors (Lipinski definition) is 5. The SMILES string of the molecule is Cc1ccc(S(=O)(=O)n2ccc3nc(C=[NH+]S(=O)C(C)(C)C)cnc32)cc1. The first-order chi connectivity index (χ1) is 12.6. The van der Waals surface area contributed by atoms with Crippen molar-refractivity contribution in [1.82, 2.24) is 13.9 Å². The summed E-state index contributed by atoms with van der Waals surface area (Å²) in [5.41, 5.74) is 2.12. The summed E-state index contributed by atoms with van der Waals surface area (Å²) >= 11 is 0. The molecule has 2 aromatic heterocycles. The highest BCUT2D eigenvalue weighted by Crippen LogP contribution is 2.20. The maximum Gasteiger partial charge on any atom is 0.285 e. The fourth-order valence-corrected chi connectivity index (χ4v) is 4.16. The van der Waals surface area contributed by atoms with Gasteiger partial charge in [-0.25, -0.2) is 22.4 Å². The second-order valence-corrected chi connectivity index (χ2v) is 10.9. The summed E-state index contributed by atoms with van der Waals surface area (Å²) in [4.78, 5) is 8.80. The highest BCUT2D eigenvalue weighted by Gasteiger charge is 2.24. The molecule has 0 fully saturated rings. The van der Waals surface area contributed by atoms with Gasteiger partial charge in [0.05, 0.1) is 15.8 Å². The minimum absolute atomic E-state index is 0.185. The van der Waals surface area contributed by atoms with Crippen molar-refractivity contribution in [3.8, 4) is 0 Å². The first-order valence-electron chi connectivity index (χ1n) is 8.27. The van der Waals surface area contributed by atoms with E-state index in [2.05, 4.69) is 14.4 Å². The van der Waals surface area contributed by atoms with Crippen LogP contribution in [0.15, 0.2) is 47.6 Å². The van der Waals surface area contributed by atoms with Gasteiger partial charge in [-0.05, 0) is 45.9 Å². The first kappa shape index (κ1) is 19.4. The highest BCUT2D eigenvalue weighted by molar-refractivity contribution is 7.90. The number of nitrogens with zero attached hydrogens (tertiary/aromatic N) is 3.